The minimum Gasteiger partial charge on any atom is -0.332 e. The molecule has 1 atom stereocenters. The molecule has 78 heavy (non-hydrogen) atoms. The van der Waals surface area contributed by atoms with Crippen LogP contribution in [0.3, 0.4) is 0 Å². The SMILES string of the molecule is CC1(N(c2ccc3c(c2)C2(c4ccccc4-c4ccccc42)c2cc(N(c4ccccc4)c4ccc5c(c4)c4ccccc4n5-c4ccccc4)ccc2-3)c2ccc3c(c2)c2ccccc2n3-c2ccccc2)C=CC=CC1. The molecule has 0 aliphatic heterocycles. The van der Waals surface area contributed by atoms with Crippen LogP contribution in [0.2, 0.25) is 0 Å². The van der Waals surface area contributed by atoms with Gasteiger partial charge in [-0.05, 0) is 167 Å². The Morgan fingerprint density at radius 3 is 1.33 bits per heavy atom. The first-order valence-electron chi connectivity index (χ1n) is 27.2. The summed E-state index contributed by atoms with van der Waals surface area (Å²) < 4.78 is 4.80. The van der Waals surface area contributed by atoms with Crippen LogP contribution in [-0.4, -0.2) is 14.7 Å². The van der Waals surface area contributed by atoms with Gasteiger partial charge in [0.25, 0.3) is 0 Å². The monoisotopic (exact) mass is 996 g/mol. The highest BCUT2D eigenvalue weighted by Crippen LogP contribution is 2.64. The van der Waals surface area contributed by atoms with E-state index in [9.17, 15) is 0 Å². The van der Waals surface area contributed by atoms with Crippen LogP contribution in [0.5, 0.6) is 0 Å². The fraction of sp³-hybridized carbons (Fsp3) is 0.0541. The number of nitrogens with zero attached hydrogens (tertiary/aromatic N) is 4. The van der Waals surface area contributed by atoms with E-state index >= 15 is 0 Å². The average Bonchev–Trinajstić information content (AvgIpc) is 2.84. The molecule has 16 rings (SSSR count). The topological polar surface area (TPSA) is 16.3 Å². The summed E-state index contributed by atoms with van der Waals surface area (Å²) in [4.78, 5) is 5.07. The van der Waals surface area contributed by atoms with Crippen molar-refractivity contribution in [1.82, 2.24) is 9.13 Å². The Balaban J connectivity index is 0.915. The summed E-state index contributed by atoms with van der Waals surface area (Å²) in [6.45, 7) is 2.39. The summed E-state index contributed by atoms with van der Waals surface area (Å²) >= 11 is 0. The van der Waals surface area contributed by atoms with Crippen LogP contribution < -0.4 is 9.80 Å². The Kier molecular flexibility index (Phi) is 9.71. The minimum atomic E-state index is -0.610. The Morgan fingerprint density at radius 1 is 0.333 bits per heavy atom. The van der Waals surface area contributed by atoms with Crippen LogP contribution in [0.4, 0.5) is 28.4 Å². The van der Waals surface area contributed by atoms with Gasteiger partial charge in [-0.2, -0.15) is 0 Å². The lowest BCUT2D eigenvalue weighted by molar-refractivity contribution is 0.570. The van der Waals surface area contributed by atoms with Crippen LogP contribution in [0.15, 0.2) is 285 Å². The molecule has 368 valence electrons. The Hall–Kier alpha value is -9.90. The van der Waals surface area contributed by atoms with Crippen molar-refractivity contribution in [3.8, 4) is 33.6 Å². The smallest absolute Gasteiger partial charge is 0.0727 e. The molecule has 3 aliphatic carbocycles. The predicted molar refractivity (Wildman–Crippen MR) is 326 cm³/mol. The summed E-state index contributed by atoms with van der Waals surface area (Å²) in [6, 6.07) is 97.1. The van der Waals surface area contributed by atoms with Gasteiger partial charge in [0.15, 0.2) is 0 Å². The van der Waals surface area contributed by atoms with Crippen molar-refractivity contribution in [3.63, 3.8) is 0 Å². The molecule has 1 spiro atoms. The molecule has 0 saturated carbocycles. The van der Waals surface area contributed by atoms with E-state index in [1.807, 2.05) is 0 Å². The molecule has 0 radical (unpaired) electrons. The number of allylic oxidation sites excluding steroid dienone is 2. The van der Waals surface area contributed by atoms with Crippen LogP contribution in [-0.2, 0) is 5.41 Å². The number of fused-ring (bicyclic) bond motifs is 16. The van der Waals surface area contributed by atoms with Gasteiger partial charge in [-0.1, -0.05) is 176 Å². The molecule has 2 aromatic heterocycles. The van der Waals surface area contributed by atoms with Crippen molar-refractivity contribution in [2.24, 2.45) is 0 Å². The first-order valence-corrected chi connectivity index (χ1v) is 27.2. The summed E-state index contributed by atoms with van der Waals surface area (Å²) in [5.41, 5.74) is 22.0. The van der Waals surface area contributed by atoms with E-state index in [0.29, 0.717) is 0 Å². The van der Waals surface area contributed by atoms with E-state index in [1.54, 1.807) is 0 Å². The Bertz CT molecular complexity index is 4570. The van der Waals surface area contributed by atoms with E-state index in [2.05, 4.69) is 311 Å². The largest absolute Gasteiger partial charge is 0.332 e. The Labute approximate surface area is 453 Å². The van der Waals surface area contributed by atoms with E-state index in [1.165, 1.54) is 88.1 Å². The molecule has 0 bridgehead atoms. The fourth-order valence-electron chi connectivity index (χ4n) is 13.9. The number of hydrogen-bond donors (Lipinski definition) is 0. The standard InChI is InChI=1S/C74H52N4/c1-73(44-20-5-21-45-73)78(55-39-43-72-64(47-55)62-31-15-19-35-70(62)77(72)52-26-10-4-11-27-52)56-37-41-60-59-40-36-54(48-67(59)74(68(60)49-56)65-32-16-12-28-57(65)58-29-13-17-33-66(58)74)75(50-22-6-2-7-23-50)53-38-42-71-63(46-53)61-30-14-18-34-69(61)76(71)51-24-8-3-9-25-51/h2-44,46-49H,45H2,1H3. The summed E-state index contributed by atoms with van der Waals surface area (Å²) in [5.74, 6) is 0. The molecule has 2 heterocycles. The quantitative estimate of drug-likeness (QED) is 0.151. The van der Waals surface area contributed by atoms with Gasteiger partial charge in [0, 0.05) is 61.4 Å². The molecule has 0 fully saturated rings. The van der Waals surface area contributed by atoms with E-state index in [4.69, 9.17) is 0 Å². The summed E-state index contributed by atoms with van der Waals surface area (Å²) in [7, 11) is 0. The van der Waals surface area contributed by atoms with Gasteiger partial charge in [-0.15, -0.1) is 0 Å². The third-order valence-corrected chi connectivity index (χ3v) is 17.2. The number of benzene rings is 11. The lowest BCUT2D eigenvalue weighted by Gasteiger charge is -2.42. The normalized spacial score (nSPS) is 15.5. The van der Waals surface area contributed by atoms with Crippen LogP contribution >= 0.6 is 0 Å². The van der Waals surface area contributed by atoms with Gasteiger partial charge < -0.3 is 18.9 Å². The maximum absolute atomic E-state index is 2.61. The molecule has 11 aromatic carbocycles. The maximum atomic E-state index is 2.61. The highest BCUT2D eigenvalue weighted by Gasteiger charge is 2.52. The zero-order valence-electron chi connectivity index (χ0n) is 43.1. The molecule has 3 aliphatic rings. The molecular formula is C74H52N4. The van der Waals surface area contributed by atoms with Crippen LogP contribution in [0.1, 0.15) is 35.6 Å². The maximum Gasteiger partial charge on any atom is 0.0727 e. The molecule has 1 unspecified atom stereocenters. The number of para-hydroxylation sites is 5. The molecule has 0 saturated heterocycles. The second-order valence-corrected chi connectivity index (χ2v) is 21.4. The van der Waals surface area contributed by atoms with Gasteiger partial charge in [-0.3, -0.25) is 0 Å². The van der Waals surface area contributed by atoms with Crippen molar-refractivity contribution < 1.29 is 0 Å². The third-order valence-electron chi connectivity index (χ3n) is 17.2. The number of anilines is 5. The van der Waals surface area contributed by atoms with Crippen molar-refractivity contribution in [2.75, 3.05) is 9.80 Å². The molecule has 4 nitrogen and oxygen atoms in total. The van der Waals surface area contributed by atoms with Crippen molar-refractivity contribution in [1.29, 1.82) is 0 Å². The lowest BCUT2D eigenvalue weighted by atomic mass is 9.70. The van der Waals surface area contributed by atoms with Gasteiger partial charge in [0.05, 0.1) is 33.0 Å². The number of rotatable bonds is 8. The molecule has 13 aromatic rings. The van der Waals surface area contributed by atoms with Crippen LogP contribution in [0.25, 0.3) is 77.2 Å². The van der Waals surface area contributed by atoms with Gasteiger partial charge in [0.1, 0.15) is 0 Å². The molecule has 4 heteroatoms. The number of hydrogen-bond acceptors (Lipinski definition) is 2. The van der Waals surface area contributed by atoms with E-state index in [-0.39, 0.29) is 5.54 Å². The highest BCUT2D eigenvalue weighted by atomic mass is 15.2. The van der Waals surface area contributed by atoms with Gasteiger partial charge >= 0.3 is 0 Å². The van der Waals surface area contributed by atoms with Gasteiger partial charge in [0.2, 0.25) is 0 Å². The molecule has 0 N–H and O–H groups in total. The predicted octanol–water partition coefficient (Wildman–Crippen LogP) is 19.1. The minimum absolute atomic E-state index is 0.365. The fourth-order valence-corrected chi connectivity index (χ4v) is 13.9. The second kappa shape index (κ2) is 17.1. The van der Waals surface area contributed by atoms with Crippen LogP contribution in [0, 0.1) is 0 Å². The van der Waals surface area contributed by atoms with Crippen molar-refractivity contribution in [2.45, 2.75) is 24.3 Å². The van der Waals surface area contributed by atoms with E-state index in [0.717, 1.165) is 46.2 Å². The first-order chi connectivity index (χ1) is 38.6. The average molecular weight is 997 g/mol. The zero-order valence-corrected chi connectivity index (χ0v) is 43.1. The van der Waals surface area contributed by atoms with Gasteiger partial charge in [-0.25, -0.2) is 0 Å². The highest BCUT2D eigenvalue weighted by molar-refractivity contribution is 6.12. The summed E-state index contributed by atoms with van der Waals surface area (Å²) in [5, 5.41) is 4.91. The Morgan fingerprint density at radius 2 is 0.756 bits per heavy atom. The zero-order chi connectivity index (χ0) is 51.5. The lowest BCUT2D eigenvalue weighted by Crippen LogP contribution is -2.42. The second-order valence-electron chi connectivity index (χ2n) is 21.4. The first kappa shape index (κ1) is 44.4. The van der Waals surface area contributed by atoms with Crippen molar-refractivity contribution in [3.05, 3.63) is 307 Å². The molecule has 0 amide bonds. The third kappa shape index (κ3) is 6.35. The molecular weight excluding hydrogens is 945 g/mol. The number of aromatic nitrogens is 2. The summed E-state index contributed by atoms with van der Waals surface area (Å²) in [6.07, 6.45) is 9.99. The van der Waals surface area contributed by atoms with E-state index < -0.39 is 5.41 Å². The van der Waals surface area contributed by atoms with Crippen molar-refractivity contribution >= 4 is 72.0 Å².